The second-order valence-corrected chi connectivity index (χ2v) is 6.59. The number of nitrogens with zero attached hydrogens (tertiary/aromatic N) is 2. The van der Waals surface area contributed by atoms with Crippen molar-refractivity contribution in [2.75, 3.05) is 45.8 Å². The van der Waals surface area contributed by atoms with Crippen molar-refractivity contribution in [3.8, 4) is 11.5 Å². The van der Waals surface area contributed by atoms with Crippen LogP contribution < -0.4 is 14.8 Å². The van der Waals surface area contributed by atoms with E-state index in [4.69, 9.17) is 14.2 Å². The quantitative estimate of drug-likeness (QED) is 0.412. The van der Waals surface area contributed by atoms with Gasteiger partial charge in [-0.15, -0.1) is 0 Å². The number of rotatable bonds is 8. The first kappa shape index (κ1) is 20.4. The topological polar surface area (TPSA) is 103 Å². The minimum atomic E-state index is -0.523. The molecule has 3 rings (SSSR count). The number of nitrogens with one attached hydrogen (secondary N) is 1. The molecule has 1 atom stereocenters. The number of carbonyl (C=O) groups excluding carboxylic acids is 1. The number of anilines is 1. The number of benzene rings is 2. The molecule has 0 bridgehead atoms. The Hall–Kier alpha value is -3.33. The number of methoxy groups -OCH3 is 1. The van der Waals surface area contributed by atoms with Gasteiger partial charge in [-0.25, -0.2) is 0 Å². The average molecular weight is 401 g/mol. The minimum absolute atomic E-state index is 0.148. The summed E-state index contributed by atoms with van der Waals surface area (Å²) in [7, 11) is 3.20. The van der Waals surface area contributed by atoms with Crippen LogP contribution in [-0.2, 0) is 4.74 Å². The maximum Gasteiger partial charge on any atom is 0.270 e. The molecule has 0 aromatic heterocycles. The number of carbonyl (C=O) groups is 1. The van der Waals surface area contributed by atoms with E-state index in [1.54, 1.807) is 14.2 Å². The zero-order chi connectivity index (χ0) is 20.8. The molecule has 0 radical (unpaired) electrons. The van der Waals surface area contributed by atoms with Gasteiger partial charge in [0.1, 0.15) is 6.61 Å². The highest BCUT2D eigenvalue weighted by Crippen LogP contribution is 2.31. The second-order valence-electron chi connectivity index (χ2n) is 6.59. The number of para-hydroxylation sites is 2. The van der Waals surface area contributed by atoms with Crippen LogP contribution in [-0.4, -0.2) is 62.3 Å². The van der Waals surface area contributed by atoms with Crippen molar-refractivity contribution in [1.29, 1.82) is 0 Å². The van der Waals surface area contributed by atoms with Crippen LogP contribution in [0.15, 0.2) is 42.5 Å². The number of nitro groups is 1. The van der Waals surface area contributed by atoms with Gasteiger partial charge in [-0.2, -0.15) is 0 Å². The van der Waals surface area contributed by atoms with Gasteiger partial charge >= 0.3 is 0 Å². The number of non-ortho nitro benzene ring substituents is 1. The lowest BCUT2D eigenvalue weighted by atomic mass is 10.1. The summed E-state index contributed by atoms with van der Waals surface area (Å²) in [6, 6.07) is 11.5. The van der Waals surface area contributed by atoms with E-state index in [1.165, 1.54) is 23.1 Å². The fourth-order valence-electron chi connectivity index (χ4n) is 3.01. The summed E-state index contributed by atoms with van der Waals surface area (Å²) in [6.07, 6.45) is -0.345. The summed E-state index contributed by atoms with van der Waals surface area (Å²) >= 11 is 0. The third kappa shape index (κ3) is 4.94. The normalized spacial score (nSPS) is 14.9. The van der Waals surface area contributed by atoms with Crippen molar-refractivity contribution in [3.63, 3.8) is 0 Å². The Morgan fingerprint density at radius 3 is 2.79 bits per heavy atom. The summed E-state index contributed by atoms with van der Waals surface area (Å²) < 4.78 is 16.6. The highest BCUT2D eigenvalue weighted by Gasteiger charge is 2.26. The average Bonchev–Trinajstić information content (AvgIpc) is 2.73. The molecular weight excluding hydrogens is 378 g/mol. The lowest BCUT2D eigenvalue weighted by Crippen LogP contribution is -2.42. The third-order valence-electron chi connectivity index (χ3n) is 4.46. The molecule has 1 N–H and O–H groups in total. The van der Waals surface area contributed by atoms with Crippen LogP contribution in [0.25, 0.3) is 0 Å². The number of fused-ring (bicyclic) bond motifs is 1. The molecular formula is C20H23N3O6. The molecule has 154 valence electrons. The van der Waals surface area contributed by atoms with E-state index in [9.17, 15) is 14.9 Å². The lowest BCUT2D eigenvalue weighted by Gasteiger charge is -2.30. The van der Waals surface area contributed by atoms with Gasteiger partial charge in [-0.1, -0.05) is 12.1 Å². The lowest BCUT2D eigenvalue weighted by molar-refractivity contribution is -0.384. The molecule has 0 aliphatic carbocycles. The first-order valence-electron chi connectivity index (χ1n) is 9.14. The Balaban J connectivity index is 1.74. The number of nitro benzene ring substituents is 1. The first-order valence-corrected chi connectivity index (χ1v) is 9.14. The predicted molar refractivity (Wildman–Crippen MR) is 107 cm³/mol. The zero-order valence-electron chi connectivity index (χ0n) is 16.3. The summed E-state index contributed by atoms with van der Waals surface area (Å²) in [5, 5.41) is 14.2. The van der Waals surface area contributed by atoms with Crippen LogP contribution in [0.2, 0.25) is 0 Å². The molecule has 1 aliphatic rings. The standard InChI is InChI=1S/C20H23N3O6/c1-22(12-15-13-28-18-5-3-4-6-19(18)29-15)20(24)16-11-14(23(25)26)7-8-17(16)21-9-10-27-2/h3-8,11,15,21H,9-10,12-13H2,1-2H3/t15-/m1/s1. The van der Waals surface area contributed by atoms with Crippen LogP contribution in [0.1, 0.15) is 10.4 Å². The Bertz CT molecular complexity index is 888. The van der Waals surface area contributed by atoms with E-state index in [-0.39, 0.29) is 29.8 Å². The maximum absolute atomic E-state index is 13.0. The smallest absolute Gasteiger partial charge is 0.270 e. The summed E-state index contributed by atoms with van der Waals surface area (Å²) in [6.45, 7) is 1.48. The minimum Gasteiger partial charge on any atom is -0.486 e. The molecule has 0 spiro atoms. The molecule has 0 fully saturated rings. The van der Waals surface area contributed by atoms with Crippen molar-refractivity contribution in [2.24, 2.45) is 0 Å². The van der Waals surface area contributed by atoms with E-state index in [0.717, 1.165) is 0 Å². The fourth-order valence-corrected chi connectivity index (χ4v) is 3.01. The van der Waals surface area contributed by atoms with Crippen molar-refractivity contribution < 1.29 is 23.9 Å². The number of ether oxygens (including phenoxy) is 3. The molecule has 2 aromatic rings. The molecule has 0 unspecified atom stereocenters. The van der Waals surface area contributed by atoms with Gasteiger partial charge in [0.05, 0.1) is 23.6 Å². The number of hydrogen-bond acceptors (Lipinski definition) is 7. The molecule has 9 nitrogen and oxygen atoms in total. The Kier molecular flexibility index (Phi) is 6.50. The number of likely N-dealkylation sites (N-methyl/N-ethyl adjacent to an activating group) is 1. The molecule has 0 saturated carbocycles. The monoisotopic (exact) mass is 401 g/mol. The van der Waals surface area contributed by atoms with Crippen LogP contribution in [0.3, 0.4) is 0 Å². The van der Waals surface area contributed by atoms with Crippen molar-refractivity contribution in [3.05, 3.63) is 58.1 Å². The van der Waals surface area contributed by atoms with Crippen LogP contribution in [0, 0.1) is 10.1 Å². The molecule has 29 heavy (non-hydrogen) atoms. The third-order valence-corrected chi connectivity index (χ3v) is 4.46. The second kappa shape index (κ2) is 9.24. The zero-order valence-corrected chi connectivity index (χ0v) is 16.3. The van der Waals surface area contributed by atoms with Gasteiger partial charge < -0.3 is 24.4 Å². The van der Waals surface area contributed by atoms with Crippen molar-refractivity contribution in [2.45, 2.75) is 6.10 Å². The summed E-state index contributed by atoms with van der Waals surface area (Å²) in [5.41, 5.74) is 0.579. The molecule has 9 heteroatoms. The SMILES string of the molecule is COCCNc1ccc([N+](=O)[O-])cc1C(=O)N(C)C[C@@H]1COc2ccccc2O1. The van der Waals surface area contributed by atoms with Gasteiger partial charge in [-0.3, -0.25) is 14.9 Å². The van der Waals surface area contributed by atoms with Crippen LogP contribution >= 0.6 is 0 Å². The van der Waals surface area contributed by atoms with Crippen LogP contribution in [0.4, 0.5) is 11.4 Å². The number of amides is 1. The van der Waals surface area contributed by atoms with Gasteiger partial charge in [0.15, 0.2) is 17.6 Å². The van der Waals surface area contributed by atoms with E-state index < -0.39 is 4.92 Å². The van der Waals surface area contributed by atoms with Gasteiger partial charge in [0.2, 0.25) is 0 Å². The summed E-state index contributed by atoms with van der Waals surface area (Å²) in [4.78, 5) is 25.1. The van der Waals surface area contributed by atoms with Gasteiger partial charge in [0, 0.05) is 38.5 Å². The van der Waals surface area contributed by atoms with Gasteiger partial charge in [-0.05, 0) is 18.2 Å². The van der Waals surface area contributed by atoms with E-state index in [1.807, 2.05) is 24.3 Å². The fraction of sp³-hybridized carbons (Fsp3) is 0.350. The Morgan fingerprint density at radius 2 is 2.07 bits per heavy atom. The Labute approximate surface area is 168 Å². The van der Waals surface area contributed by atoms with Crippen molar-refractivity contribution in [1.82, 2.24) is 4.90 Å². The molecule has 1 heterocycles. The molecule has 1 aliphatic heterocycles. The molecule has 2 aromatic carbocycles. The van der Waals surface area contributed by atoms with Crippen LogP contribution in [0.5, 0.6) is 11.5 Å². The van der Waals surface area contributed by atoms with E-state index in [2.05, 4.69) is 5.32 Å². The predicted octanol–water partition coefficient (Wildman–Crippen LogP) is 2.57. The highest BCUT2D eigenvalue weighted by molar-refractivity contribution is 6.00. The first-order chi connectivity index (χ1) is 14.0. The molecule has 1 amide bonds. The van der Waals surface area contributed by atoms with Gasteiger partial charge in [0.25, 0.3) is 11.6 Å². The van der Waals surface area contributed by atoms with Crippen molar-refractivity contribution >= 4 is 17.3 Å². The number of hydrogen-bond donors (Lipinski definition) is 1. The van der Waals surface area contributed by atoms with E-state index in [0.29, 0.717) is 36.9 Å². The highest BCUT2D eigenvalue weighted by atomic mass is 16.6. The van der Waals surface area contributed by atoms with E-state index >= 15 is 0 Å². The maximum atomic E-state index is 13.0. The summed E-state index contributed by atoms with van der Waals surface area (Å²) in [5.74, 6) is 0.944. The Morgan fingerprint density at radius 1 is 1.31 bits per heavy atom. The largest absolute Gasteiger partial charge is 0.486 e. The molecule has 0 saturated heterocycles.